The Labute approximate surface area is 222 Å². The second kappa shape index (κ2) is 10.3. The average molecular weight is 518 g/mol. The third kappa shape index (κ3) is 5.01. The minimum absolute atomic E-state index is 0.0375. The first-order chi connectivity index (χ1) is 17.7. The van der Waals surface area contributed by atoms with Crippen molar-refractivity contribution in [3.8, 4) is 0 Å². The van der Waals surface area contributed by atoms with Crippen molar-refractivity contribution in [2.24, 2.45) is 11.8 Å². The molecule has 3 aromatic rings. The fourth-order valence-corrected chi connectivity index (χ4v) is 6.60. The van der Waals surface area contributed by atoms with Crippen LogP contribution in [0.4, 0.5) is 0 Å². The van der Waals surface area contributed by atoms with Gasteiger partial charge in [-0.05, 0) is 90.6 Å². The van der Waals surface area contributed by atoms with Gasteiger partial charge >= 0.3 is 0 Å². The number of piperazine rings is 1. The highest BCUT2D eigenvalue weighted by atomic mass is 32.1. The van der Waals surface area contributed by atoms with Crippen LogP contribution in [0.25, 0.3) is 10.1 Å². The van der Waals surface area contributed by atoms with Gasteiger partial charge in [0.1, 0.15) is 18.1 Å². The SMILES string of the molecule is CC(C)C[C@@H]1C(=O)N[C@H](C2Cc3ccccc3C2)C(=O)N1[C@@H](C(=O)NC(C)C)c1ccc2sccc2c1. The topological polar surface area (TPSA) is 78.5 Å². The van der Waals surface area contributed by atoms with Crippen molar-refractivity contribution in [3.05, 3.63) is 70.6 Å². The Morgan fingerprint density at radius 1 is 1.05 bits per heavy atom. The van der Waals surface area contributed by atoms with Crippen LogP contribution in [0.15, 0.2) is 53.9 Å². The molecule has 1 fully saturated rings. The zero-order valence-electron chi connectivity index (χ0n) is 21.9. The molecule has 0 spiro atoms. The number of benzene rings is 2. The van der Waals surface area contributed by atoms with E-state index in [1.165, 1.54) is 11.1 Å². The molecule has 194 valence electrons. The summed E-state index contributed by atoms with van der Waals surface area (Å²) >= 11 is 1.64. The van der Waals surface area contributed by atoms with E-state index >= 15 is 0 Å². The Morgan fingerprint density at radius 3 is 2.41 bits per heavy atom. The molecule has 0 unspecified atom stereocenters. The van der Waals surface area contributed by atoms with Crippen molar-refractivity contribution >= 4 is 39.1 Å². The molecule has 1 aliphatic carbocycles. The third-order valence-corrected chi connectivity index (χ3v) is 8.35. The van der Waals surface area contributed by atoms with E-state index in [-0.39, 0.29) is 35.6 Å². The van der Waals surface area contributed by atoms with Crippen LogP contribution in [0.5, 0.6) is 0 Å². The van der Waals surface area contributed by atoms with E-state index in [9.17, 15) is 14.4 Å². The van der Waals surface area contributed by atoms with E-state index in [2.05, 4.69) is 22.8 Å². The van der Waals surface area contributed by atoms with Crippen LogP contribution in [0.2, 0.25) is 0 Å². The number of thiophene rings is 1. The maximum Gasteiger partial charge on any atom is 0.247 e. The smallest absolute Gasteiger partial charge is 0.247 e. The Balaban J connectivity index is 1.57. The lowest BCUT2D eigenvalue weighted by atomic mass is 9.87. The van der Waals surface area contributed by atoms with Crippen LogP contribution in [0, 0.1) is 11.8 Å². The molecule has 1 aromatic heterocycles. The minimum Gasteiger partial charge on any atom is -0.352 e. The number of carbonyl (C=O) groups is 3. The molecule has 2 heterocycles. The van der Waals surface area contributed by atoms with Crippen molar-refractivity contribution in [2.75, 3.05) is 0 Å². The number of carbonyl (C=O) groups excluding carboxylic acids is 3. The van der Waals surface area contributed by atoms with Gasteiger partial charge < -0.3 is 15.5 Å². The zero-order chi connectivity index (χ0) is 26.3. The van der Waals surface area contributed by atoms with Gasteiger partial charge in [0, 0.05) is 10.7 Å². The molecule has 2 aliphatic rings. The van der Waals surface area contributed by atoms with E-state index < -0.39 is 18.1 Å². The van der Waals surface area contributed by atoms with Crippen LogP contribution in [-0.4, -0.2) is 40.7 Å². The van der Waals surface area contributed by atoms with E-state index in [0.29, 0.717) is 6.42 Å². The molecule has 2 N–H and O–H groups in total. The minimum atomic E-state index is -0.889. The molecule has 7 heteroatoms. The quantitative estimate of drug-likeness (QED) is 0.480. The van der Waals surface area contributed by atoms with Gasteiger partial charge in [0.15, 0.2) is 0 Å². The first-order valence-electron chi connectivity index (χ1n) is 13.2. The largest absolute Gasteiger partial charge is 0.352 e. The van der Waals surface area contributed by atoms with Gasteiger partial charge in [-0.25, -0.2) is 0 Å². The normalized spacial score (nSPS) is 21.0. The molecule has 0 saturated carbocycles. The molecule has 6 nitrogen and oxygen atoms in total. The fraction of sp³-hybridized carbons (Fsp3) is 0.433. The number of fused-ring (bicyclic) bond motifs is 2. The first-order valence-corrected chi connectivity index (χ1v) is 14.1. The van der Waals surface area contributed by atoms with Crippen molar-refractivity contribution in [1.29, 1.82) is 0 Å². The van der Waals surface area contributed by atoms with E-state index in [4.69, 9.17) is 0 Å². The second-order valence-corrected chi connectivity index (χ2v) is 12.0. The predicted molar refractivity (Wildman–Crippen MR) is 147 cm³/mol. The highest BCUT2D eigenvalue weighted by Crippen LogP contribution is 2.36. The number of amides is 3. The third-order valence-electron chi connectivity index (χ3n) is 7.46. The van der Waals surface area contributed by atoms with Crippen molar-refractivity contribution in [2.45, 2.75) is 71.1 Å². The standard InChI is InChI=1S/C30H35N3O3S/c1-17(2)13-24-28(34)32-26(23-14-19-7-5-6-8-20(19)15-23)30(36)33(24)27(29(35)31-18(3)4)22-9-10-25-21(16-22)11-12-37-25/h5-12,16-18,23-24,26-27H,13-15H2,1-4H3,(H,31,35)(H,32,34)/t24-,26-,27-/m1/s1. The molecule has 0 bridgehead atoms. The second-order valence-electron chi connectivity index (χ2n) is 11.1. The molecular weight excluding hydrogens is 482 g/mol. The summed E-state index contributed by atoms with van der Waals surface area (Å²) in [7, 11) is 0. The maximum atomic E-state index is 14.4. The van der Waals surface area contributed by atoms with Crippen molar-refractivity contribution in [1.82, 2.24) is 15.5 Å². The van der Waals surface area contributed by atoms with Crippen molar-refractivity contribution in [3.63, 3.8) is 0 Å². The molecule has 37 heavy (non-hydrogen) atoms. The van der Waals surface area contributed by atoms with Gasteiger partial charge in [-0.2, -0.15) is 0 Å². The molecule has 2 aromatic carbocycles. The van der Waals surface area contributed by atoms with E-state index in [1.807, 2.05) is 69.5 Å². The zero-order valence-corrected chi connectivity index (χ0v) is 22.7. The number of hydrogen-bond acceptors (Lipinski definition) is 4. The lowest BCUT2D eigenvalue weighted by Gasteiger charge is -2.45. The summed E-state index contributed by atoms with van der Waals surface area (Å²) in [6.45, 7) is 7.89. The molecule has 1 saturated heterocycles. The Bertz CT molecular complexity index is 1310. The van der Waals surface area contributed by atoms with E-state index in [1.54, 1.807) is 16.2 Å². The molecule has 0 radical (unpaired) electrons. The number of nitrogens with one attached hydrogen (secondary N) is 2. The number of rotatable bonds is 7. The highest BCUT2D eigenvalue weighted by molar-refractivity contribution is 7.17. The first kappa shape index (κ1) is 25.5. The molecule has 3 amide bonds. The summed E-state index contributed by atoms with van der Waals surface area (Å²) in [4.78, 5) is 43.4. The predicted octanol–water partition coefficient (Wildman–Crippen LogP) is 4.62. The van der Waals surface area contributed by atoms with Gasteiger partial charge in [0.05, 0.1) is 0 Å². The lowest BCUT2D eigenvalue weighted by Crippen LogP contribution is -2.67. The Morgan fingerprint density at radius 2 is 1.76 bits per heavy atom. The fourth-order valence-electron chi connectivity index (χ4n) is 5.83. The van der Waals surface area contributed by atoms with Crippen LogP contribution in [0.1, 0.15) is 56.8 Å². The van der Waals surface area contributed by atoms with Crippen LogP contribution < -0.4 is 10.6 Å². The molecular formula is C30H35N3O3S. The highest BCUT2D eigenvalue weighted by Gasteiger charge is 2.49. The molecule has 3 atom stereocenters. The summed E-state index contributed by atoms with van der Waals surface area (Å²) in [5, 5.41) is 9.16. The Kier molecular flexibility index (Phi) is 7.08. The summed E-state index contributed by atoms with van der Waals surface area (Å²) in [6.07, 6.45) is 1.96. The molecule has 5 rings (SSSR count). The Hall–Kier alpha value is -3.19. The van der Waals surface area contributed by atoms with Gasteiger partial charge in [-0.1, -0.05) is 44.2 Å². The number of hydrogen-bond donors (Lipinski definition) is 2. The van der Waals surface area contributed by atoms with Gasteiger partial charge in [-0.3, -0.25) is 14.4 Å². The average Bonchev–Trinajstić information content (AvgIpc) is 3.49. The van der Waals surface area contributed by atoms with Crippen LogP contribution in [-0.2, 0) is 27.2 Å². The number of nitrogens with zero attached hydrogens (tertiary/aromatic N) is 1. The van der Waals surface area contributed by atoms with E-state index in [0.717, 1.165) is 28.5 Å². The van der Waals surface area contributed by atoms with Gasteiger partial charge in [-0.15, -0.1) is 11.3 Å². The summed E-state index contributed by atoms with van der Waals surface area (Å²) in [5.41, 5.74) is 3.18. The summed E-state index contributed by atoms with van der Waals surface area (Å²) in [6, 6.07) is 13.8. The monoisotopic (exact) mass is 517 g/mol. The van der Waals surface area contributed by atoms with Gasteiger partial charge in [0.25, 0.3) is 0 Å². The summed E-state index contributed by atoms with van der Waals surface area (Å²) < 4.78 is 1.12. The van der Waals surface area contributed by atoms with Crippen molar-refractivity contribution < 1.29 is 14.4 Å². The van der Waals surface area contributed by atoms with Crippen LogP contribution >= 0.6 is 11.3 Å². The van der Waals surface area contributed by atoms with Gasteiger partial charge in [0.2, 0.25) is 17.7 Å². The maximum absolute atomic E-state index is 14.4. The van der Waals surface area contributed by atoms with Crippen LogP contribution in [0.3, 0.4) is 0 Å². The lowest BCUT2D eigenvalue weighted by molar-refractivity contribution is -0.158. The molecule has 1 aliphatic heterocycles. The summed E-state index contributed by atoms with van der Waals surface area (Å²) in [5.74, 6) is -0.462.